The van der Waals surface area contributed by atoms with Crippen molar-refractivity contribution in [1.82, 2.24) is 10.3 Å². The summed E-state index contributed by atoms with van der Waals surface area (Å²) in [5.74, 6) is 1.31. The number of ether oxygens (including phenoxy) is 1. The first-order chi connectivity index (χ1) is 8.38. The average Bonchev–Trinajstić information content (AvgIpc) is 2.95. The molecule has 0 amide bonds. The van der Waals surface area contributed by atoms with Crippen LogP contribution in [0.4, 0.5) is 0 Å². The molecule has 1 unspecified atom stereocenters. The van der Waals surface area contributed by atoms with Gasteiger partial charge in [0.05, 0.1) is 11.6 Å². The first kappa shape index (κ1) is 10.7. The van der Waals surface area contributed by atoms with Crippen LogP contribution in [0.5, 0.6) is 5.75 Å². The molecule has 1 aliphatic rings. The van der Waals surface area contributed by atoms with Crippen molar-refractivity contribution >= 4 is 11.3 Å². The van der Waals surface area contributed by atoms with Crippen LogP contribution >= 0.6 is 11.3 Å². The van der Waals surface area contributed by atoms with Crippen LogP contribution in [0.15, 0.2) is 29.6 Å². The van der Waals surface area contributed by atoms with Crippen molar-refractivity contribution in [1.29, 1.82) is 0 Å². The minimum atomic E-state index is 0.307. The molecule has 0 fully saturated rings. The number of aromatic nitrogens is 1. The van der Waals surface area contributed by atoms with Crippen LogP contribution in [0.25, 0.3) is 0 Å². The highest BCUT2D eigenvalue weighted by Crippen LogP contribution is 2.38. The summed E-state index contributed by atoms with van der Waals surface area (Å²) in [4.78, 5) is 4.66. The van der Waals surface area contributed by atoms with E-state index in [0.717, 1.165) is 23.0 Å². The van der Waals surface area contributed by atoms with E-state index in [0.29, 0.717) is 12.5 Å². The molecule has 88 valence electrons. The van der Waals surface area contributed by atoms with E-state index in [2.05, 4.69) is 27.8 Å². The van der Waals surface area contributed by atoms with Gasteiger partial charge in [0.2, 0.25) is 0 Å². The number of thiazole rings is 1. The number of fused-ring (bicyclic) bond motifs is 1. The summed E-state index contributed by atoms with van der Waals surface area (Å²) in [6.45, 7) is 1.54. The lowest BCUT2D eigenvalue weighted by Crippen LogP contribution is -2.06. The second-order valence-corrected chi connectivity index (χ2v) is 5.00. The molecule has 0 aliphatic carbocycles. The quantitative estimate of drug-likeness (QED) is 0.903. The molecule has 3 nitrogen and oxygen atoms in total. The van der Waals surface area contributed by atoms with E-state index < -0.39 is 0 Å². The zero-order valence-electron chi connectivity index (χ0n) is 9.64. The highest BCUT2D eigenvalue weighted by molar-refractivity contribution is 7.09. The van der Waals surface area contributed by atoms with Crippen LogP contribution in [0.2, 0.25) is 0 Å². The Hall–Kier alpha value is -1.39. The monoisotopic (exact) mass is 246 g/mol. The predicted octanol–water partition coefficient (Wildman–Crippen LogP) is 2.39. The topological polar surface area (TPSA) is 34.1 Å². The van der Waals surface area contributed by atoms with Gasteiger partial charge >= 0.3 is 0 Å². The third-order valence-corrected chi connectivity index (χ3v) is 3.93. The maximum Gasteiger partial charge on any atom is 0.123 e. The zero-order valence-corrected chi connectivity index (χ0v) is 10.5. The van der Waals surface area contributed by atoms with Crippen molar-refractivity contribution in [3.63, 3.8) is 0 Å². The van der Waals surface area contributed by atoms with Gasteiger partial charge in [0.15, 0.2) is 0 Å². The number of hydrogen-bond acceptors (Lipinski definition) is 4. The molecule has 4 heteroatoms. The number of nitrogens with zero attached hydrogens (tertiary/aromatic N) is 1. The molecule has 17 heavy (non-hydrogen) atoms. The number of hydrogen-bond donors (Lipinski definition) is 1. The van der Waals surface area contributed by atoms with Gasteiger partial charge in [0.25, 0.3) is 0 Å². The van der Waals surface area contributed by atoms with Crippen molar-refractivity contribution < 1.29 is 4.74 Å². The number of nitrogens with one attached hydrogen (secondary N) is 1. The fourth-order valence-corrected chi connectivity index (χ4v) is 3.03. The molecule has 2 heterocycles. The molecule has 1 atom stereocenters. The van der Waals surface area contributed by atoms with Gasteiger partial charge in [-0.15, -0.1) is 11.3 Å². The van der Waals surface area contributed by atoms with E-state index in [4.69, 9.17) is 4.74 Å². The molecule has 0 spiro atoms. The Kier molecular flexibility index (Phi) is 2.82. The van der Waals surface area contributed by atoms with E-state index in [9.17, 15) is 0 Å². The first-order valence-electron chi connectivity index (χ1n) is 5.69. The Morgan fingerprint density at radius 1 is 1.47 bits per heavy atom. The van der Waals surface area contributed by atoms with Crippen LogP contribution < -0.4 is 10.1 Å². The number of benzene rings is 1. The van der Waals surface area contributed by atoms with E-state index in [1.54, 1.807) is 11.3 Å². The van der Waals surface area contributed by atoms with Gasteiger partial charge in [0.1, 0.15) is 17.4 Å². The number of para-hydroxylation sites is 1. The van der Waals surface area contributed by atoms with Crippen molar-refractivity contribution in [2.75, 3.05) is 13.7 Å². The third kappa shape index (κ3) is 1.94. The maximum atomic E-state index is 5.69. The summed E-state index contributed by atoms with van der Waals surface area (Å²) in [7, 11) is 1.94. The molecule has 0 bridgehead atoms. The van der Waals surface area contributed by atoms with E-state index >= 15 is 0 Å². The van der Waals surface area contributed by atoms with Gasteiger partial charge in [-0.05, 0) is 13.1 Å². The normalized spacial score (nSPS) is 17.8. The van der Waals surface area contributed by atoms with Crippen LogP contribution in [0, 0.1) is 0 Å². The molecule has 1 aromatic heterocycles. The fourth-order valence-electron chi connectivity index (χ4n) is 2.11. The van der Waals surface area contributed by atoms with Crippen LogP contribution in [-0.2, 0) is 6.54 Å². The Balaban J connectivity index is 1.90. The molecule has 0 saturated carbocycles. The second kappa shape index (κ2) is 4.47. The predicted molar refractivity (Wildman–Crippen MR) is 68.7 cm³/mol. The summed E-state index contributed by atoms with van der Waals surface area (Å²) in [6, 6.07) is 8.22. The van der Waals surface area contributed by atoms with Crippen molar-refractivity contribution in [2.24, 2.45) is 0 Å². The molecule has 1 aromatic carbocycles. The molecule has 3 rings (SSSR count). The lowest BCUT2D eigenvalue weighted by Gasteiger charge is -2.03. The van der Waals surface area contributed by atoms with Gasteiger partial charge in [-0.25, -0.2) is 4.98 Å². The highest BCUT2D eigenvalue weighted by atomic mass is 32.1. The van der Waals surface area contributed by atoms with Gasteiger partial charge < -0.3 is 10.1 Å². The smallest absolute Gasteiger partial charge is 0.123 e. The van der Waals surface area contributed by atoms with Crippen molar-refractivity contribution in [2.45, 2.75) is 12.5 Å². The first-order valence-corrected chi connectivity index (χ1v) is 6.57. The van der Waals surface area contributed by atoms with Crippen LogP contribution in [0.1, 0.15) is 22.2 Å². The Labute approximate surface area is 104 Å². The molecular weight excluding hydrogens is 232 g/mol. The summed E-state index contributed by atoms with van der Waals surface area (Å²) >= 11 is 1.72. The SMILES string of the molecule is CNCc1csc(C2COc3ccccc32)n1. The summed E-state index contributed by atoms with van der Waals surface area (Å²) in [5, 5.41) is 6.39. The summed E-state index contributed by atoms with van der Waals surface area (Å²) < 4.78 is 5.69. The fraction of sp³-hybridized carbons (Fsp3) is 0.308. The highest BCUT2D eigenvalue weighted by Gasteiger charge is 2.27. The lowest BCUT2D eigenvalue weighted by molar-refractivity contribution is 0.343. The number of rotatable bonds is 3. The van der Waals surface area contributed by atoms with Crippen molar-refractivity contribution in [3.05, 3.63) is 45.9 Å². The van der Waals surface area contributed by atoms with Gasteiger partial charge in [0, 0.05) is 17.5 Å². The Morgan fingerprint density at radius 2 is 2.35 bits per heavy atom. The van der Waals surface area contributed by atoms with E-state index in [1.165, 1.54) is 5.56 Å². The summed E-state index contributed by atoms with van der Waals surface area (Å²) in [5.41, 5.74) is 2.37. The van der Waals surface area contributed by atoms with Crippen LogP contribution in [0.3, 0.4) is 0 Å². The third-order valence-electron chi connectivity index (χ3n) is 2.93. The van der Waals surface area contributed by atoms with Gasteiger partial charge in [-0.1, -0.05) is 18.2 Å². The summed E-state index contributed by atoms with van der Waals surface area (Å²) in [6.07, 6.45) is 0. The van der Waals surface area contributed by atoms with Gasteiger partial charge in [-0.3, -0.25) is 0 Å². The van der Waals surface area contributed by atoms with Crippen molar-refractivity contribution in [3.8, 4) is 5.75 Å². The minimum Gasteiger partial charge on any atom is -0.492 e. The average molecular weight is 246 g/mol. The standard InChI is InChI=1S/C13H14N2OS/c1-14-6-9-8-17-13(15-9)11-7-16-12-5-3-2-4-10(11)12/h2-5,8,11,14H,6-7H2,1H3. The van der Waals surface area contributed by atoms with E-state index in [1.807, 2.05) is 19.2 Å². The van der Waals surface area contributed by atoms with Crippen LogP contribution in [-0.4, -0.2) is 18.6 Å². The molecule has 0 saturated heterocycles. The molecular formula is C13H14N2OS. The second-order valence-electron chi connectivity index (χ2n) is 4.11. The van der Waals surface area contributed by atoms with E-state index in [-0.39, 0.29) is 0 Å². The molecule has 0 radical (unpaired) electrons. The minimum absolute atomic E-state index is 0.307. The van der Waals surface area contributed by atoms with Gasteiger partial charge in [-0.2, -0.15) is 0 Å². The molecule has 1 N–H and O–H groups in total. The lowest BCUT2D eigenvalue weighted by atomic mass is 10.0. The Bertz CT molecular complexity index is 524. The Morgan fingerprint density at radius 3 is 3.24 bits per heavy atom. The maximum absolute atomic E-state index is 5.69. The zero-order chi connectivity index (χ0) is 11.7. The molecule has 2 aromatic rings. The molecule has 1 aliphatic heterocycles. The largest absolute Gasteiger partial charge is 0.492 e.